The number of sulfonamides is 1. The van der Waals surface area contributed by atoms with Gasteiger partial charge in [-0.2, -0.15) is 4.31 Å². The number of halogens is 1. The Balaban J connectivity index is 0.00000338. The lowest BCUT2D eigenvalue weighted by Gasteiger charge is -2.26. The molecule has 0 spiro atoms. The number of rotatable bonds is 7. The van der Waals surface area contributed by atoms with Crippen LogP contribution in [0.25, 0.3) is 0 Å². The standard InChI is InChI=1S/C16H25N3O5S.ClH/c1-12(17-2)11-18-16(20)14-10-13(4-5-15(14)23-3)25(21,22)19-6-8-24-9-7-19;/h4-5,10,12,17H,6-9,11H2,1-3H3,(H,18,20);1H. The molecule has 10 heteroatoms. The number of amides is 1. The lowest BCUT2D eigenvalue weighted by Crippen LogP contribution is -2.40. The van der Waals surface area contributed by atoms with Crippen LogP contribution in [0.4, 0.5) is 0 Å². The average molecular weight is 408 g/mol. The first kappa shape index (κ1) is 22.7. The van der Waals surface area contributed by atoms with Crippen molar-refractivity contribution in [2.45, 2.75) is 17.9 Å². The predicted octanol–water partition coefficient (Wildman–Crippen LogP) is 0.476. The number of nitrogens with one attached hydrogen (secondary N) is 2. The van der Waals surface area contributed by atoms with Gasteiger partial charge in [-0.05, 0) is 32.2 Å². The van der Waals surface area contributed by atoms with E-state index in [2.05, 4.69) is 10.6 Å². The second-order valence-corrected chi connectivity index (χ2v) is 7.72. The average Bonchev–Trinajstić information content (AvgIpc) is 2.65. The van der Waals surface area contributed by atoms with E-state index in [4.69, 9.17) is 9.47 Å². The number of morpholine rings is 1. The summed E-state index contributed by atoms with van der Waals surface area (Å²) in [5, 5.41) is 5.79. The Kier molecular flexibility index (Phi) is 8.78. The predicted molar refractivity (Wildman–Crippen MR) is 101 cm³/mol. The van der Waals surface area contributed by atoms with E-state index in [1.54, 1.807) is 7.05 Å². The van der Waals surface area contributed by atoms with E-state index in [9.17, 15) is 13.2 Å². The van der Waals surface area contributed by atoms with E-state index in [0.29, 0.717) is 38.6 Å². The van der Waals surface area contributed by atoms with Gasteiger partial charge in [0.2, 0.25) is 10.0 Å². The molecule has 1 fully saturated rings. The van der Waals surface area contributed by atoms with Crippen LogP contribution in [-0.4, -0.2) is 71.7 Å². The van der Waals surface area contributed by atoms with Crippen LogP contribution in [0.5, 0.6) is 5.75 Å². The lowest BCUT2D eigenvalue weighted by atomic mass is 10.2. The van der Waals surface area contributed by atoms with Crippen LogP contribution in [0.1, 0.15) is 17.3 Å². The number of methoxy groups -OCH3 is 1. The number of ether oxygens (including phenoxy) is 2. The molecule has 26 heavy (non-hydrogen) atoms. The minimum atomic E-state index is -3.67. The maximum atomic E-state index is 12.8. The molecular weight excluding hydrogens is 382 g/mol. The van der Waals surface area contributed by atoms with Gasteiger partial charge in [-0.1, -0.05) is 0 Å². The molecule has 2 rings (SSSR count). The van der Waals surface area contributed by atoms with Crippen LogP contribution in [0.2, 0.25) is 0 Å². The zero-order chi connectivity index (χ0) is 18.4. The number of benzene rings is 1. The fourth-order valence-corrected chi connectivity index (χ4v) is 3.84. The molecule has 1 aliphatic heterocycles. The maximum absolute atomic E-state index is 12.8. The summed E-state index contributed by atoms with van der Waals surface area (Å²) in [6.45, 7) is 3.68. The highest BCUT2D eigenvalue weighted by molar-refractivity contribution is 7.89. The fourth-order valence-electron chi connectivity index (χ4n) is 2.40. The molecule has 1 aromatic carbocycles. The van der Waals surface area contributed by atoms with Gasteiger partial charge in [0.05, 0.1) is 30.8 Å². The topological polar surface area (TPSA) is 97.0 Å². The van der Waals surface area contributed by atoms with Crippen molar-refractivity contribution in [1.29, 1.82) is 0 Å². The van der Waals surface area contributed by atoms with Crippen molar-refractivity contribution >= 4 is 28.3 Å². The molecule has 1 atom stereocenters. The second-order valence-electron chi connectivity index (χ2n) is 5.78. The zero-order valence-electron chi connectivity index (χ0n) is 15.1. The molecule has 1 aliphatic rings. The van der Waals surface area contributed by atoms with E-state index < -0.39 is 10.0 Å². The van der Waals surface area contributed by atoms with Gasteiger partial charge >= 0.3 is 0 Å². The largest absolute Gasteiger partial charge is 0.496 e. The first-order valence-electron chi connectivity index (χ1n) is 8.11. The molecule has 2 N–H and O–H groups in total. The number of hydrogen-bond donors (Lipinski definition) is 2. The number of carbonyl (C=O) groups excluding carboxylic acids is 1. The summed E-state index contributed by atoms with van der Waals surface area (Å²) in [4.78, 5) is 12.5. The van der Waals surface area contributed by atoms with Crippen LogP contribution in [0.3, 0.4) is 0 Å². The van der Waals surface area contributed by atoms with Gasteiger partial charge in [-0.15, -0.1) is 12.4 Å². The zero-order valence-corrected chi connectivity index (χ0v) is 16.8. The Hall–Kier alpha value is -1.39. The Morgan fingerprint density at radius 3 is 2.58 bits per heavy atom. The molecule has 0 radical (unpaired) electrons. The van der Waals surface area contributed by atoms with E-state index in [-0.39, 0.29) is 34.8 Å². The number of nitrogens with zero attached hydrogens (tertiary/aromatic N) is 1. The Bertz CT molecular complexity index is 708. The summed E-state index contributed by atoms with van der Waals surface area (Å²) in [5.74, 6) is -0.0477. The third-order valence-electron chi connectivity index (χ3n) is 4.09. The second kappa shape index (κ2) is 10.1. The SMILES string of the molecule is CNC(C)CNC(=O)c1cc(S(=O)(=O)N2CCOCC2)ccc1OC.Cl. The molecule has 148 valence electrons. The first-order chi connectivity index (χ1) is 11.9. The number of hydrogen-bond acceptors (Lipinski definition) is 6. The highest BCUT2D eigenvalue weighted by Gasteiger charge is 2.28. The van der Waals surface area contributed by atoms with Crippen molar-refractivity contribution in [1.82, 2.24) is 14.9 Å². The summed E-state index contributed by atoms with van der Waals surface area (Å²) >= 11 is 0. The molecular formula is C16H26ClN3O5S. The summed E-state index contributed by atoms with van der Waals surface area (Å²) in [7, 11) is -0.432. The summed E-state index contributed by atoms with van der Waals surface area (Å²) in [5.41, 5.74) is 0.195. The van der Waals surface area contributed by atoms with Crippen LogP contribution >= 0.6 is 12.4 Å². The van der Waals surface area contributed by atoms with Crippen LogP contribution in [0.15, 0.2) is 23.1 Å². The fraction of sp³-hybridized carbons (Fsp3) is 0.562. The maximum Gasteiger partial charge on any atom is 0.255 e. The third-order valence-corrected chi connectivity index (χ3v) is 5.98. The van der Waals surface area contributed by atoms with Gasteiger partial charge in [0, 0.05) is 25.7 Å². The van der Waals surface area contributed by atoms with Crippen LogP contribution in [-0.2, 0) is 14.8 Å². The van der Waals surface area contributed by atoms with E-state index >= 15 is 0 Å². The minimum Gasteiger partial charge on any atom is -0.496 e. The Morgan fingerprint density at radius 1 is 1.35 bits per heavy atom. The van der Waals surface area contributed by atoms with Crippen molar-refractivity contribution < 1.29 is 22.7 Å². The highest BCUT2D eigenvalue weighted by Crippen LogP contribution is 2.25. The van der Waals surface area contributed by atoms with Crippen molar-refractivity contribution in [3.8, 4) is 5.75 Å². The molecule has 0 aliphatic carbocycles. The van der Waals surface area contributed by atoms with Gasteiger partial charge < -0.3 is 20.1 Å². The monoisotopic (exact) mass is 407 g/mol. The van der Waals surface area contributed by atoms with Crippen LogP contribution < -0.4 is 15.4 Å². The Morgan fingerprint density at radius 2 is 2.00 bits per heavy atom. The van der Waals surface area contributed by atoms with Crippen molar-refractivity contribution in [3.63, 3.8) is 0 Å². The molecule has 0 saturated carbocycles. The molecule has 0 aromatic heterocycles. The van der Waals surface area contributed by atoms with Gasteiger partial charge in [-0.25, -0.2) is 8.42 Å². The lowest BCUT2D eigenvalue weighted by molar-refractivity contribution is 0.0730. The molecule has 1 unspecified atom stereocenters. The smallest absolute Gasteiger partial charge is 0.255 e. The van der Waals surface area contributed by atoms with Crippen molar-refractivity contribution in [3.05, 3.63) is 23.8 Å². The highest BCUT2D eigenvalue weighted by atomic mass is 35.5. The van der Waals surface area contributed by atoms with E-state index in [1.165, 1.54) is 29.6 Å². The summed E-state index contributed by atoms with van der Waals surface area (Å²) < 4.78 is 37.3. The van der Waals surface area contributed by atoms with E-state index in [1.807, 2.05) is 6.92 Å². The quantitative estimate of drug-likeness (QED) is 0.682. The summed E-state index contributed by atoms with van der Waals surface area (Å²) in [6.07, 6.45) is 0. The molecule has 1 aromatic rings. The molecule has 8 nitrogen and oxygen atoms in total. The van der Waals surface area contributed by atoms with Crippen molar-refractivity contribution in [2.75, 3.05) is 47.0 Å². The van der Waals surface area contributed by atoms with Gasteiger partial charge in [-0.3, -0.25) is 4.79 Å². The normalized spacial score (nSPS) is 16.4. The molecule has 1 saturated heterocycles. The first-order valence-corrected chi connectivity index (χ1v) is 9.55. The Labute approximate surface area is 160 Å². The summed E-state index contributed by atoms with van der Waals surface area (Å²) in [6, 6.07) is 4.42. The van der Waals surface area contributed by atoms with Crippen molar-refractivity contribution in [2.24, 2.45) is 0 Å². The van der Waals surface area contributed by atoms with E-state index in [0.717, 1.165) is 0 Å². The molecule has 1 amide bonds. The molecule has 1 heterocycles. The number of likely N-dealkylation sites (N-methyl/N-ethyl adjacent to an activating group) is 1. The molecule has 0 bridgehead atoms. The number of carbonyl (C=O) groups is 1. The van der Waals surface area contributed by atoms with Gasteiger partial charge in [0.15, 0.2) is 0 Å². The van der Waals surface area contributed by atoms with Gasteiger partial charge in [0.1, 0.15) is 5.75 Å². The van der Waals surface area contributed by atoms with Crippen LogP contribution in [0, 0.1) is 0 Å². The minimum absolute atomic E-state index is 0. The van der Waals surface area contributed by atoms with Gasteiger partial charge in [0.25, 0.3) is 5.91 Å². The third kappa shape index (κ3) is 5.31.